The van der Waals surface area contributed by atoms with Crippen molar-refractivity contribution in [2.45, 2.75) is 103 Å². The van der Waals surface area contributed by atoms with E-state index < -0.39 is 41.5 Å². The van der Waals surface area contributed by atoms with Crippen molar-refractivity contribution in [2.75, 3.05) is 0 Å². The second-order valence-electron chi connectivity index (χ2n) is 9.91. The van der Waals surface area contributed by atoms with Gasteiger partial charge in [-0.15, -0.1) is 0 Å². The normalized spacial score (nSPS) is 30.4. The van der Waals surface area contributed by atoms with Crippen LogP contribution in [0.4, 0.5) is 0 Å². The summed E-state index contributed by atoms with van der Waals surface area (Å²) >= 11 is 0. The number of aromatic hydroxyl groups is 2. The number of Topliss-reactive ketones (excluding diaryl/α,β-unsaturated/α-hetero) is 1. The fraction of sp³-hybridized carbons (Fsp3) is 0.692. The maximum atomic E-state index is 13.7. The standard InChI is InChI=1S/C26H38O8/c1-6-9-15(19-11-20(28)26(25(32)33-19)21(8-3)34-26)22(29)17-10-16(14(7-2)13(4)5)23(30)18(12-27)24(17)31/h10,12-15,19-21,25,28,30-32H,6-9,11H2,1-5H3. The summed E-state index contributed by atoms with van der Waals surface area (Å²) in [6, 6.07) is 1.48. The first kappa shape index (κ1) is 26.6. The minimum absolute atomic E-state index is 0.0607. The molecule has 8 heteroatoms. The number of aldehydes is 1. The molecule has 1 spiro atoms. The number of hydrogen-bond donors (Lipinski definition) is 4. The molecule has 7 unspecified atom stereocenters. The van der Waals surface area contributed by atoms with Gasteiger partial charge in [0.1, 0.15) is 11.5 Å². The molecule has 0 bridgehead atoms. The number of aliphatic hydroxyl groups is 2. The second-order valence-corrected chi connectivity index (χ2v) is 9.91. The highest BCUT2D eigenvalue weighted by atomic mass is 16.7. The number of ether oxygens (including phenoxy) is 2. The Labute approximate surface area is 200 Å². The Morgan fingerprint density at radius 3 is 2.35 bits per heavy atom. The zero-order valence-corrected chi connectivity index (χ0v) is 20.7. The smallest absolute Gasteiger partial charge is 0.189 e. The van der Waals surface area contributed by atoms with Gasteiger partial charge in [-0.2, -0.15) is 0 Å². The van der Waals surface area contributed by atoms with Crippen molar-refractivity contribution >= 4 is 12.1 Å². The number of carbonyl (C=O) groups excluding carboxylic acids is 2. The van der Waals surface area contributed by atoms with E-state index in [-0.39, 0.29) is 41.2 Å². The molecule has 190 valence electrons. The summed E-state index contributed by atoms with van der Waals surface area (Å²) in [5.41, 5.74) is -1.09. The summed E-state index contributed by atoms with van der Waals surface area (Å²) in [6.07, 6.45) is -0.725. The van der Waals surface area contributed by atoms with E-state index in [1.54, 1.807) is 0 Å². The number of rotatable bonds is 10. The van der Waals surface area contributed by atoms with Crippen molar-refractivity contribution in [3.8, 4) is 11.5 Å². The van der Waals surface area contributed by atoms with Crippen molar-refractivity contribution in [3.63, 3.8) is 0 Å². The highest BCUT2D eigenvalue weighted by Crippen LogP contribution is 2.50. The number of epoxide rings is 1. The van der Waals surface area contributed by atoms with Gasteiger partial charge >= 0.3 is 0 Å². The molecule has 0 aromatic heterocycles. The monoisotopic (exact) mass is 478 g/mol. The van der Waals surface area contributed by atoms with E-state index in [2.05, 4.69) is 0 Å². The maximum absolute atomic E-state index is 13.7. The van der Waals surface area contributed by atoms with Crippen LogP contribution in [0.25, 0.3) is 0 Å². The molecule has 1 aromatic rings. The van der Waals surface area contributed by atoms with Gasteiger partial charge in [-0.3, -0.25) is 9.59 Å². The van der Waals surface area contributed by atoms with E-state index in [0.29, 0.717) is 37.5 Å². The molecule has 34 heavy (non-hydrogen) atoms. The summed E-state index contributed by atoms with van der Waals surface area (Å²) in [5, 5.41) is 42.9. The summed E-state index contributed by atoms with van der Waals surface area (Å²) < 4.78 is 11.4. The Balaban J connectivity index is 1.99. The zero-order chi connectivity index (χ0) is 25.4. The molecule has 2 fully saturated rings. The first-order valence-corrected chi connectivity index (χ1v) is 12.4. The number of phenols is 2. The third-order valence-electron chi connectivity index (χ3n) is 7.58. The van der Waals surface area contributed by atoms with E-state index in [1.165, 1.54) is 6.07 Å². The van der Waals surface area contributed by atoms with Crippen LogP contribution in [0.2, 0.25) is 0 Å². The molecule has 3 rings (SSSR count). The third kappa shape index (κ3) is 4.37. The minimum Gasteiger partial charge on any atom is -0.507 e. The number of phenolic OH excluding ortho intramolecular Hbond substituents is 2. The van der Waals surface area contributed by atoms with Gasteiger partial charge < -0.3 is 29.9 Å². The summed E-state index contributed by atoms with van der Waals surface area (Å²) in [4.78, 5) is 25.5. The first-order chi connectivity index (χ1) is 16.1. The van der Waals surface area contributed by atoms with Crippen LogP contribution >= 0.6 is 0 Å². The molecule has 0 radical (unpaired) electrons. The van der Waals surface area contributed by atoms with Crippen molar-refractivity contribution in [1.29, 1.82) is 0 Å². The van der Waals surface area contributed by atoms with E-state index in [0.717, 1.165) is 0 Å². The average molecular weight is 479 g/mol. The van der Waals surface area contributed by atoms with Crippen LogP contribution in [0, 0.1) is 11.8 Å². The molecule has 4 N–H and O–H groups in total. The number of carbonyl (C=O) groups is 2. The average Bonchev–Trinajstić information content (AvgIpc) is 3.53. The summed E-state index contributed by atoms with van der Waals surface area (Å²) in [7, 11) is 0. The summed E-state index contributed by atoms with van der Waals surface area (Å²) in [6.45, 7) is 9.72. The molecule has 2 aliphatic heterocycles. The van der Waals surface area contributed by atoms with Gasteiger partial charge in [0.2, 0.25) is 0 Å². The number of benzene rings is 1. The van der Waals surface area contributed by atoms with Gasteiger partial charge in [0.05, 0.1) is 29.4 Å². The van der Waals surface area contributed by atoms with Crippen molar-refractivity contribution in [1.82, 2.24) is 0 Å². The Hall–Kier alpha value is -2.00. The molecule has 8 nitrogen and oxygen atoms in total. The van der Waals surface area contributed by atoms with Crippen molar-refractivity contribution in [2.24, 2.45) is 11.8 Å². The molecule has 7 atom stereocenters. The van der Waals surface area contributed by atoms with E-state index in [1.807, 2.05) is 34.6 Å². The van der Waals surface area contributed by atoms with Crippen LogP contribution in [-0.4, -0.2) is 62.7 Å². The van der Waals surface area contributed by atoms with Crippen LogP contribution in [-0.2, 0) is 9.47 Å². The van der Waals surface area contributed by atoms with Gasteiger partial charge in [0, 0.05) is 12.3 Å². The van der Waals surface area contributed by atoms with Gasteiger partial charge in [-0.1, -0.05) is 41.0 Å². The van der Waals surface area contributed by atoms with Crippen LogP contribution < -0.4 is 0 Å². The molecule has 0 saturated carbocycles. The molecule has 0 amide bonds. The highest BCUT2D eigenvalue weighted by molar-refractivity contribution is 6.04. The molecular formula is C26H38O8. The van der Waals surface area contributed by atoms with Gasteiger partial charge in [0.25, 0.3) is 0 Å². The summed E-state index contributed by atoms with van der Waals surface area (Å²) in [5.74, 6) is -2.09. The molecule has 2 heterocycles. The van der Waals surface area contributed by atoms with Crippen LogP contribution in [0.1, 0.15) is 98.9 Å². The highest BCUT2D eigenvalue weighted by Gasteiger charge is 2.68. The topological polar surface area (TPSA) is 137 Å². The zero-order valence-electron chi connectivity index (χ0n) is 20.7. The SMILES string of the molecule is CCCC(C(=O)c1cc(C(CC)C(C)C)c(O)c(C=O)c1O)C1CC(O)C2(OC2CC)C(O)O1. The molecule has 0 aliphatic carbocycles. The lowest BCUT2D eigenvalue weighted by Gasteiger charge is -2.39. The molecule has 2 saturated heterocycles. The quantitative estimate of drug-likeness (QED) is 0.227. The third-order valence-corrected chi connectivity index (χ3v) is 7.58. The van der Waals surface area contributed by atoms with E-state index >= 15 is 0 Å². The number of ketones is 1. The molecule has 1 aromatic carbocycles. The number of hydrogen-bond acceptors (Lipinski definition) is 8. The first-order valence-electron chi connectivity index (χ1n) is 12.4. The Bertz CT molecular complexity index is 899. The van der Waals surface area contributed by atoms with E-state index in [9.17, 15) is 30.0 Å². The molecule has 2 aliphatic rings. The van der Waals surface area contributed by atoms with Crippen LogP contribution in [0.3, 0.4) is 0 Å². The van der Waals surface area contributed by atoms with Crippen LogP contribution in [0.5, 0.6) is 11.5 Å². The molecular weight excluding hydrogens is 440 g/mol. The number of aliphatic hydroxyl groups excluding tert-OH is 2. The minimum atomic E-state index is -1.38. The Kier molecular flexibility index (Phi) is 8.07. The largest absolute Gasteiger partial charge is 0.507 e. The predicted molar refractivity (Wildman–Crippen MR) is 125 cm³/mol. The van der Waals surface area contributed by atoms with Crippen molar-refractivity contribution < 1.29 is 39.5 Å². The Morgan fingerprint density at radius 2 is 1.88 bits per heavy atom. The fourth-order valence-electron chi connectivity index (χ4n) is 5.61. The van der Waals surface area contributed by atoms with Crippen molar-refractivity contribution in [3.05, 3.63) is 22.8 Å². The van der Waals surface area contributed by atoms with Gasteiger partial charge in [-0.25, -0.2) is 0 Å². The Morgan fingerprint density at radius 1 is 1.21 bits per heavy atom. The second kappa shape index (κ2) is 10.3. The predicted octanol–water partition coefficient (Wildman–Crippen LogP) is 3.67. The lowest BCUT2D eigenvalue weighted by Crippen LogP contribution is -2.55. The van der Waals surface area contributed by atoms with E-state index in [4.69, 9.17) is 9.47 Å². The van der Waals surface area contributed by atoms with Gasteiger partial charge in [0.15, 0.2) is 24.0 Å². The van der Waals surface area contributed by atoms with Gasteiger partial charge in [-0.05, 0) is 42.7 Å². The lowest BCUT2D eigenvalue weighted by atomic mass is 9.79. The van der Waals surface area contributed by atoms with Crippen LogP contribution in [0.15, 0.2) is 6.07 Å². The fourth-order valence-corrected chi connectivity index (χ4v) is 5.61. The lowest BCUT2D eigenvalue weighted by molar-refractivity contribution is -0.239. The maximum Gasteiger partial charge on any atom is 0.189 e.